The number of likely N-dealkylation sites (tertiary alicyclic amines) is 1. The molecule has 0 aromatic heterocycles. The van der Waals surface area contributed by atoms with E-state index in [9.17, 15) is 24.8 Å². The number of hydrogen-bond donors (Lipinski definition) is 1. The van der Waals surface area contributed by atoms with E-state index < -0.39 is 22.7 Å². The van der Waals surface area contributed by atoms with Crippen LogP contribution in [0.3, 0.4) is 0 Å². The Balaban J connectivity index is 1.70. The summed E-state index contributed by atoms with van der Waals surface area (Å²) in [6, 6.07) is 11.6. The highest BCUT2D eigenvalue weighted by Crippen LogP contribution is 2.40. The summed E-state index contributed by atoms with van der Waals surface area (Å²) < 4.78 is 6.16. The minimum Gasteiger partial charge on any atom is -0.507 e. The van der Waals surface area contributed by atoms with Gasteiger partial charge in [0.1, 0.15) is 5.76 Å². The Bertz CT molecular complexity index is 1130. The number of aliphatic hydroxyl groups is 1. The number of ketones is 1. The molecule has 1 N–H and O–H groups in total. The van der Waals surface area contributed by atoms with Crippen molar-refractivity contribution in [3.63, 3.8) is 0 Å². The number of nitrogens with zero attached hydrogens (tertiary/aromatic N) is 3. The fourth-order valence-corrected chi connectivity index (χ4v) is 4.58. The van der Waals surface area contributed by atoms with Gasteiger partial charge in [-0.3, -0.25) is 24.6 Å². The maximum absolute atomic E-state index is 13.1. The van der Waals surface area contributed by atoms with Crippen molar-refractivity contribution in [1.29, 1.82) is 0 Å². The minimum absolute atomic E-state index is 0.0702. The molecule has 2 heterocycles. The molecule has 9 nitrogen and oxygen atoms in total. The zero-order chi connectivity index (χ0) is 24.2. The lowest BCUT2D eigenvalue weighted by Gasteiger charge is -2.29. The first kappa shape index (κ1) is 24.1. The summed E-state index contributed by atoms with van der Waals surface area (Å²) in [5.74, 6) is -1.83. The standard InChI is InChI=1S/C24H24BrN3O6/c25-18-7-5-16(6-8-18)22(29)20-21(17-3-1-4-19(15-17)28(32)33)27(24(31)23(20)30)10-2-9-26-11-13-34-14-12-26/h1,3-8,15,21,29H,2,9-14H2/b22-20+/t21-/m0/s1. The third kappa shape index (κ3) is 5.03. The lowest BCUT2D eigenvalue weighted by atomic mass is 9.95. The summed E-state index contributed by atoms with van der Waals surface area (Å²) in [6.07, 6.45) is 0.608. The van der Waals surface area contributed by atoms with Crippen LogP contribution in [0.5, 0.6) is 0 Å². The van der Waals surface area contributed by atoms with E-state index in [0.717, 1.165) is 24.1 Å². The molecule has 0 aliphatic carbocycles. The SMILES string of the molecule is O=C1C(=O)N(CCCN2CCOCC2)[C@@H](c2cccc([N+](=O)[O-])c2)/C1=C(\O)c1ccc(Br)cc1. The highest BCUT2D eigenvalue weighted by molar-refractivity contribution is 9.10. The van der Waals surface area contributed by atoms with Crippen molar-refractivity contribution in [2.24, 2.45) is 0 Å². The van der Waals surface area contributed by atoms with Crippen LogP contribution >= 0.6 is 15.9 Å². The smallest absolute Gasteiger partial charge is 0.295 e. The number of Topliss-reactive ketones (excluding diaryl/α,β-unsaturated/α-hetero) is 1. The van der Waals surface area contributed by atoms with E-state index >= 15 is 0 Å². The average molecular weight is 530 g/mol. The van der Waals surface area contributed by atoms with Gasteiger partial charge >= 0.3 is 0 Å². The summed E-state index contributed by atoms with van der Waals surface area (Å²) in [7, 11) is 0. The van der Waals surface area contributed by atoms with Gasteiger partial charge in [-0.25, -0.2) is 0 Å². The van der Waals surface area contributed by atoms with Gasteiger partial charge in [0, 0.05) is 48.3 Å². The molecule has 4 rings (SSSR count). The van der Waals surface area contributed by atoms with E-state index in [0.29, 0.717) is 30.8 Å². The van der Waals surface area contributed by atoms with E-state index in [4.69, 9.17) is 4.74 Å². The third-order valence-corrected chi connectivity index (χ3v) is 6.56. The van der Waals surface area contributed by atoms with Crippen molar-refractivity contribution in [2.45, 2.75) is 12.5 Å². The fraction of sp³-hybridized carbons (Fsp3) is 0.333. The lowest BCUT2D eigenvalue weighted by Crippen LogP contribution is -2.39. The van der Waals surface area contributed by atoms with E-state index in [1.165, 1.54) is 23.1 Å². The molecule has 0 unspecified atom stereocenters. The summed E-state index contributed by atoms with van der Waals surface area (Å²) in [4.78, 5) is 40.6. The molecule has 1 atom stereocenters. The number of carbonyl (C=O) groups is 2. The van der Waals surface area contributed by atoms with E-state index in [-0.39, 0.29) is 23.6 Å². The number of nitro benzene ring substituents is 1. The first-order chi connectivity index (χ1) is 16.4. The summed E-state index contributed by atoms with van der Waals surface area (Å²) in [6.45, 7) is 3.91. The van der Waals surface area contributed by atoms with E-state index in [2.05, 4.69) is 20.8 Å². The Morgan fingerprint density at radius 2 is 1.82 bits per heavy atom. The Labute approximate surface area is 204 Å². The van der Waals surface area contributed by atoms with Crippen molar-refractivity contribution in [2.75, 3.05) is 39.4 Å². The van der Waals surface area contributed by atoms with Crippen molar-refractivity contribution >= 4 is 39.1 Å². The van der Waals surface area contributed by atoms with Crippen molar-refractivity contribution in [3.8, 4) is 0 Å². The molecule has 0 spiro atoms. The molecule has 0 radical (unpaired) electrons. The van der Waals surface area contributed by atoms with Crippen LogP contribution in [0.1, 0.15) is 23.6 Å². The summed E-state index contributed by atoms with van der Waals surface area (Å²) >= 11 is 3.34. The third-order valence-electron chi connectivity index (χ3n) is 6.03. The Morgan fingerprint density at radius 1 is 1.12 bits per heavy atom. The van der Waals surface area contributed by atoms with Gasteiger partial charge in [-0.05, 0) is 24.1 Å². The van der Waals surface area contributed by atoms with Crippen molar-refractivity contribution in [3.05, 3.63) is 79.8 Å². The van der Waals surface area contributed by atoms with Crippen LogP contribution in [0.4, 0.5) is 5.69 Å². The zero-order valence-corrected chi connectivity index (χ0v) is 19.9. The number of benzene rings is 2. The second kappa shape index (κ2) is 10.5. The molecular weight excluding hydrogens is 506 g/mol. The van der Waals surface area contributed by atoms with Crippen LogP contribution < -0.4 is 0 Å². The van der Waals surface area contributed by atoms with Gasteiger partial charge in [0.15, 0.2) is 0 Å². The molecule has 2 aliphatic rings. The van der Waals surface area contributed by atoms with Crippen LogP contribution in [0.2, 0.25) is 0 Å². The molecule has 0 saturated carbocycles. The molecule has 2 aromatic carbocycles. The maximum Gasteiger partial charge on any atom is 0.295 e. The largest absolute Gasteiger partial charge is 0.507 e. The van der Waals surface area contributed by atoms with Crippen LogP contribution in [0.15, 0.2) is 58.6 Å². The number of hydrogen-bond acceptors (Lipinski definition) is 7. The highest BCUT2D eigenvalue weighted by Gasteiger charge is 2.46. The van der Waals surface area contributed by atoms with Gasteiger partial charge in [-0.2, -0.15) is 0 Å². The van der Waals surface area contributed by atoms with Crippen molar-refractivity contribution < 1.29 is 24.4 Å². The van der Waals surface area contributed by atoms with Crippen molar-refractivity contribution in [1.82, 2.24) is 9.80 Å². The molecule has 2 fully saturated rings. The first-order valence-electron chi connectivity index (χ1n) is 11.0. The van der Waals surface area contributed by atoms with Crippen LogP contribution in [-0.2, 0) is 14.3 Å². The normalized spacial score (nSPS) is 20.6. The van der Waals surface area contributed by atoms with Crippen LogP contribution in [0.25, 0.3) is 5.76 Å². The Morgan fingerprint density at radius 3 is 2.50 bits per heavy atom. The number of carbonyl (C=O) groups excluding carboxylic acids is 2. The fourth-order valence-electron chi connectivity index (χ4n) is 4.32. The van der Waals surface area contributed by atoms with Gasteiger partial charge in [0.2, 0.25) is 0 Å². The molecule has 178 valence electrons. The molecule has 10 heteroatoms. The number of aliphatic hydroxyl groups excluding tert-OH is 1. The number of amides is 1. The average Bonchev–Trinajstić information content (AvgIpc) is 3.10. The monoisotopic (exact) mass is 529 g/mol. The highest BCUT2D eigenvalue weighted by atomic mass is 79.9. The Hall–Kier alpha value is -3.08. The summed E-state index contributed by atoms with van der Waals surface area (Å²) in [5.41, 5.74) is 0.558. The first-order valence-corrected chi connectivity index (χ1v) is 11.7. The number of morpholine rings is 1. The lowest BCUT2D eigenvalue weighted by molar-refractivity contribution is -0.384. The number of non-ortho nitro benzene ring substituents is 1. The molecule has 1 amide bonds. The molecule has 0 bridgehead atoms. The molecule has 2 saturated heterocycles. The molecule has 2 aliphatic heterocycles. The number of nitro groups is 1. The maximum atomic E-state index is 13.1. The zero-order valence-electron chi connectivity index (χ0n) is 18.4. The van der Waals surface area contributed by atoms with Gasteiger partial charge in [0.25, 0.3) is 17.4 Å². The number of halogens is 1. The molecular formula is C24H24BrN3O6. The quantitative estimate of drug-likeness (QED) is 0.192. The minimum atomic E-state index is -0.923. The van der Waals surface area contributed by atoms with Gasteiger partial charge < -0.3 is 14.7 Å². The number of rotatable bonds is 7. The number of ether oxygens (including phenoxy) is 1. The molecule has 34 heavy (non-hydrogen) atoms. The van der Waals surface area contributed by atoms with Crippen LogP contribution in [0, 0.1) is 10.1 Å². The second-order valence-corrected chi connectivity index (χ2v) is 9.07. The predicted molar refractivity (Wildman–Crippen MR) is 128 cm³/mol. The van der Waals surface area contributed by atoms with Crippen LogP contribution in [-0.4, -0.2) is 70.9 Å². The summed E-state index contributed by atoms with van der Waals surface area (Å²) in [5, 5.41) is 22.4. The van der Waals surface area contributed by atoms with E-state index in [1.54, 1.807) is 30.3 Å². The predicted octanol–water partition coefficient (Wildman–Crippen LogP) is 3.50. The van der Waals surface area contributed by atoms with Gasteiger partial charge in [0.05, 0.1) is 29.8 Å². The van der Waals surface area contributed by atoms with E-state index in [1.807, 2.05) is 0 Å². The Kier molecular flexibility index (Phi) is 7.40. The van der Waals surface area contributed by atoms with Gasteiger partial charge in [-0.15, -0.1) is 0 Å². The molecule has 2 aromatic rings. The van der Waals surface area contributed by atoms with Gasteiger partial charge in [-0.1, -0.05) is 40.2 Å². The second-order valence-electron chi connectivity index (χ2n) is 8.16. The topological polar surface area (TPSA) is 113 Å².